The SMILES string of the molecule is CCN(CCOC)C1CCC(CNc2nc(N3CCOCC3)cc(-n3c(C(F)F)nc4ccccc43)n2)CC1. The molecule has 0 radical (unpaired) electrons. The standard InChI is InChI=1S/C28H39F2N7O2/c1-3-35(12-15-38-2)21-10-8-20(9-11-21)19-31-28-33-24(36-13-16-39-17-14-36)18-25(34-28)37-23-7-5-4-6-22(23)32-27(37)26(29)30/h4-7,18,20-21,26H,3,8-17,19H2,1-2H3,(H,31,33,34). The zero-order valence-electron chi connectivity index (χ0n) is 22.9. The molecule has 2 fully saturated rings. The third-order valence-electron chi connectivity index (χ3n) is 7.92. The summed E-state index contributed by atoms with van der Waals surface area (Å²) >= 11 is 0. The van der Waals surface area contributed by atoms with E-state index < -0.39 is 6.43 Å². The minimum Gasteiger partial charge on any atom is -0.383 e. The minimum absolute atomic E-state index is 0.318. The molecule has 2 aliphatic rings. The lowest BCUT2D eigenvalue weighted by Crippen LogP contribution is -2.40. The van der Waals surface area contributed by atoms with Gasteiger partial charge in [0.05, 0.1) is 30.9 Å². The van der Waals surface area contributed by atoms with Crippen molar-refractivity contribution in [1.82, 2.24) is 24.4 Å². The summed E-state index contributed by atoms with van der Waals surface area (Å²) in [6.07, 6.45) is 1.82. The van der Waals surface area contributed by atoms with Crippen LogP contribution < -0.4 is 10.2 Å². The summed E-state index contributed by atoms with van der Waals surface area (Å²) in [5, 5.41) is 3.45. The number of alkyl halides is 2. The summed E-state index contributed by atoms with van der Waals surface area (Å²) < 4.78 is 40.5. The Balaban J connectivity index is 1.36. The maximum absolute atomic E-state index is 14.1. The van der Waals surface area contributed by atoms with E-state index in [1.165, 1.54) is 4.57 Å². The van der Waals surface area contributed by atoms with Crippen LogP contribution in [-0.2, 0) is 9.47 Å². The molecule has 1 aliphatic carbocycles. The lowest BCUT2D eigenvalue weighted by molar-refractivity contribution is 0.0984. The van der Waals surface area contributed by atoms with Gasteiger partial charge in [-0.05, 0) is 50.3 Å². The largest absolute Gasteiger partial charge is 0.383 e. The third-order valence-corrected chi connectivity index (χ3v) is 7.92. The van der Waals surface area contributed by atoms with Crippen molar-refractivity contribution in [2.45, 2.75) is 45.1 Å². The fourth-order valence-corrected chi connectivity index (χ4v) is 5.76. The number of hydrogen-bond acceptors (Lipinski definition) is 8. The Labute approximate surface area is 228 Å². The van der Waals surface area contributed by atoms with Crippen LogP contribution >= 0.6 is 0 Å². The smallest absolute Gasteiger partial charge is 0.296 e. The molecule has 1 saturated heterocycles. The minimum atomic E-state index is -2.74. The molecular weight excluding hydrogens is 504 g/mol. The first-order chi connectivity index (χ1) is 19.1. The van der Waals surface area contributed by atoms with Crippen LogP contribution in [0.1, 0.15) is 44.9 Å². The van der Waals surface area contributed by atoms with E-state index in [4.69, 9.17) is 19.4 Å². The summed E-state index contributed by atoms with van der Waals surface area (Å²) in [6.45, 7) is 8.28. The van der Waals surface area contributed by atoms with Crippen molar-refractivity contribution in [3.05, 3.63) is 36.2 Å². The fourth-order valence-electron chi connectivity index (χ4n) is 5.76. The molecule has 1 aliphatic heterocycles. The zero-order valence-corrected chi connectivity index (χ0v) is 22.9. The van der Waals surface area contributed by atoms with Crippen LogP contribution in [0.5, 0.6) is 0 Å². The van der Waals surface area contributed by atoms with E-state index in [0.29, 0.717) is 66.9 Å². The topological polar surface area (TPSA) is 80.6 Å². The molecule has 0 atom stereocenters. The summed E-state index contributed by atoms with van der Waals surface area (Å²) in [7, 11) is 1.75. The van der Waals surface area contributed by atoms with Crippen molar-refractivity contribution < 1.29 is 18.3 Å². The molecule has 9 nitrogen and oxygen atoms in total. The Morgan fingerprint density at radius 1 is 1.08 bits per heavy atom. The van der Waals surface area contributed by atoms with Gasteiger partial charge in [0.1, 0.15) is 11.6 Å². The number of fused-ring (bicyclic) bond motifs is 1. The van der Waals surface area contributed by atoms with Crippen LogP contribution in [0.15, 0.2) is 30.3 Å². The lowest BCUT2D eigenvalue weighted by Gasteiger charge is -2.36. The van der Waals surface area contributed by atoms with E-state index in [-0.39, 0.29) is 5.82 Å². The summed E-state index contributed by atoms with van der Waals surface area (Å²) in [4.78, 5) is 18.4. The van der Waals surface area contributed by atoms with Crippen LogP contribution in [0.25, 0.3) is 16.9 Å². The molecule has 3 aromatic rings. The average molecular weight is 544 g/mol. The van der Waals surface area contributed by atoms with Crippen molar-refractivity contribution in [3.63, 3.8) is 0 Å². The second-order valence-corrected chi connectivity index (χ2v) is 10.3. The highest BCUT2D eigenvalue weighted by Gasteiger charge is 2.26. The maximum atomic E-state index is 14.1. The number of ether oxygens (including phenoxy) is 2. The molecule has 5 rings (SSSR count). The van der Waals surface area contributed by atoms with Crippen LogP contribution in [-0.4, -0.2) is 90.1 Å². The van der Waals surface area contributed by atoms with E-state index >= 15 is 0 Å². The van der Waals surface area contributed by atoms with Gasteiger partial charge in [0.15, 0.2) is 5.82 Å². The van der Waals surface area contributed by atoms with E-state index in [1.807, 2.05) is 6.07 Å². The van der Waals surface area contributed by atoms with Gasteiger partial charge in [-0.15, -0.1) is 0 Å². The number of imidazole rings is 1. The first-order valence-electron chi connectivity index (χ1n) is 14.0. The molecule has 39 heavy (non-hydrogen) atoms. The Kier molecular flexibility index (Phi) is 9.21. The molecule has 3 heterocycles. The van der Waals surface area contributed by atoms with Gasteiger partial charge in [-0.1, -0.05) is 19.1 Å². The van der Waals surface area contributed by atoms with Crippen molar-refractivity contribution >= 4 is 22.8 Å². The number of aromatic nitrogens is 4. The number of anilines is 2. The quantitative estimate of drug-likeness (QED) is 0.378. The highest BCUT2D eigenvalue weighted by Crippen LogP contribution is 2.30. The third kappa shape index (κ3) is 6.47. The van der Waals surface area contributed by atoms with Crippen LogP contribution in [0.4, 0.5) is 20.5 Å². The lowest BCUT2D eigenvalue weighted by atomic mass is 9.85. The molecule has 1 saturated carbocycles. The van der Waals surface area contributed by atoms with Crippen LogP contribution in [0.3, 0.4) is 0 Å². The normalized spacial score (nSPS) is 20.3. The van der Waals surface area contributed by atoms with E-state index in [9.17, 15) is 8.78 Å². The molecule has 0 unspecified atom stereocenters. The first-order valence-corrected chi connectivity index (χ1v) is 14.0. The van der Waals surface area contributed by atoms with Gasteiger partial charge in [-0.2, -0.15) is 9.97 Å². The van der Waals surface area contributed by atoms with Gasteiger partial charge in [-0.3, -0.25) is 9.47 Å². The molecule has 11 heteroatoms. The Bertz CT molecular complexity index is 1210. The van der Waals surface area contributed by atoms with Crippen LogP contribution in [0, 0.1) is 5.92 Å². The fraction of sp³-hybridized carbons (Fsp3) is 0.607. The van der Waals surface area contributed by atoms with Crippen molar-refractivity contribution in [1.29, 1.82) is 0 Å². The van der Waals surface area contributed by atoms with Gasteiger partial charge in [-0.25, -0.2) is 13.8 Å². The number of nitrogens with zero attached hydrogens (tertiary/aromatic N) is 6. The number of halogens is 2. The van der Waals surface area contributed by atoms with Crippen molar-refractivity contribution in [2.24, 2.45) is 5.92 Å². The average Bonchev–Trinajstić information content (AvgIpc) is 3.38. The summed E-state index contributed by atoms with van der Waals surface area (Å²) in [5.74, 6) is 1.72. The van der Waals surface area contributed by atoms with Gasteiger partial charge in [0, 0.05) is 45.4 Å². The predicted octanol–water partition coefficient (Wildman–Crippen LogP) is 4.53. The van der Waals surface area contributed by atoms with Gasteiger partial charge in [0.25, 0.3) is 6.43 Å². The van der Waals surface area contributed by atoms with Gasteiger partial charge < -0.3 is 19.7 Å². The molecule has 2 aromatic heterocycles. The monoisotopic (exact) mass is 543 g/mol. The number of morpholine rings is 1. The zero-order chi connectivity index (χ0) is 27.2. The number of methoxy groups -OCH3 is 1. The Hall–Kier alpha value is -2.89. The molecule has 0 bridgehead atoms. The van der Waals surface area contributed by atoms with E-state index in [2.05, 4.69) is 27.0 Å². The van der Waals surface area contributed by atoms with Crippen molar-refractivity contribution in [3.8, 4) is 5.82 Å². The number of para-hydroxylation sites is 2. The molecular formula is C28H39F2N7O2. The molecule has 1 N–H and O–H groups in total. The summed E-state index contributed by atoms with van der Waals surface area (Å²) in [5.41, 5.74) is 1.11. The van der Waals surface area contributed by atoms with Crippen LogP contribution in [0.2, 0.25) is 0 Å². The second-order valence-electron chi connectivity index (χ2n) is 10.3. The molecule has 212 valence electrons. The number of nitrogens with one attached hydrogen (secondary N) is 1. The highest BCUT2D eigenvalue weighted by atomic mass is 19.3. The first kappa shape index (κ1) is 27.7. The summed E-state index contributed by atoms with van der Waals surface area (Å²) in [6, 6.07) is 9.53. The molecule has 0 spiro atoms. The molecule has 0 amide bonds. The molecule has 1 aromatic carbocycles. The number of hydrogen-bond donors (Lipinski definition) is 1. The van der Waals surface area contributed by atoms with E-state index in [0.717, 1.165) is 51.9 Å². The number of benzene rings is 1. The Morgan fingerprint density at radius 2 is 1.82 bits per heavy atom. The second kappa shape index (κ2) is 13.0. The Morgan fingerprint density at radius 3 is 2.54 bits per heavy atom. The number of likely N-dealkylation sites (N-methyl/N-ethyl adjacent to an activating group) is 1. The maximum Gasteiger partial charge on any atom is 0.296 e. The predicted molar refractivity (Wildman–Crippen MR) is 148 cm³/mol. The highest BCUT2D eigenvalue weighted by molar-refractivity contribution is 5.78. The van der Waals surface area contributed by atoms with Gasteiger partial charge >= 0.3 is 0 Å². The van der Waals surface area contributed by atoms with Gasteiger partial charge in [0.2, 0.25) is 5.95 Å². The number of rotatable bonds is 11. The van der Waals surface area contributed by atoms with Crippen molar-refractivity contribution in [2.75, 3.05) is 69.9 Å². The van der Waals surface area contributed by atoms with E-state index in [1.54, 1.807) is 31.4 Å².